The second kappa shape index (κ2) is 8.39. The minimum atomic E-state index is -0.174. The van der Waals surface area contributed by atoms with Crippen LogP contribution < -0.4 is 0 Å². The monoisotopic (exact) mass is 425 g/mol. The number of likely N-dealkylation sites (tertiary alicyclic amines) is 1. The maximum Gasteiger partial charge on any atom is 0.274 e. The fraction of sp³-hybridized carbons (Fsp3) is 0.545. The standard InChI is InChI=1S/C22H27N5O4/c1-29-14-19-23-18(26-31-19)12-15-6-11-30-22(13-15)7-9-27(10-8-22)21(28)20-16-4-2-3-5-17(16)24-25-20/h2-5,15H,6-14H2,1H3,(H,24,25). The van der Waals surface area contributed by atoms with Crippen LogP contribution in [-0.2, 0) is 22.5 Å². The Balaban J connectivity index is 1.21. The van der Waals surface area contributed by atoms with E-state index >= 15 is 0 Å². The summed E-state index contributed by atoms with van der Waals surface area (Å²) < 4.78 is 16.5. The molecule has 2 aliphatic rings. The third kappa shape index (κ3) is 4.07. The number of H-pyrrole nitrogens is 1. The van der Waals surface area contributed by atoms with Crippen molar-refractivity contribution >= 4 is 16.8 Å². The van der Waals surface area contributed by atoms with E-state index in [1.54, 1.807) is 7.11 Å². The van der Waals surface area contributed by atoms with Crippen LogP contribution in [0.2, 0.25) is 0 Å². The van der Waals surface area contributed by atoms with Gasteiger partial charge in [0, 0.05) is 38.6 Å². The predicted molar refractivity (Wildman–Crippen MR) is 111 cm³/mol. The van der Waals surface area contributed by atoms with E-state index in [-0.39, 0.29) is 11.5 Å². The lowest BCUT2D eigenvalue weighted by Crippen LogP contribution is -2.51. The van der Waals surface area contributed by atoms with Crippen LogP contribution >= 0.6 is 0 Å². The molecule has 2 saturated heterocycles. The number of hydrogen-bond donors (Lipinski definition) is 1. The zero-order valence-electron chi connectivity index (χ0n) is 17.7. The largest absolute Gasteiger partial charge is 0.375 e. The van der Waals surface area contributed by atoms with Crippen molar-refractivity contribution in [1.82, 2.24) is 25.2 Å². The molecule has 1 spiro atoms. The molecule has 164 valence electrons. The second-order valence-corrected chi connectivity index (χ2v) is 8.54. The average Bonchev–Trinajstić information content (AvgIpc) is 3.41. The molecule has 9 nitrogen and oxygen atoms in total. The molecule has 31 heavy (non-hydrogen) atoms. The first-order valence-electron chi connectivity index (χ1n) is 10.8. The summed E-state index contributed by atoms with van der Waals surface area (Å²) >= 11 is 0. The van der Waals surface area contributed by atoms with Gasteiger partial charge in [-0.2, -0.15) is 10.1 Å². The van der Waals surface area contributed by atoms with Gasteiger partial charge in [0.1, 0.15) is 6.61 Å². The van der Waals surface area contributed by atoms with Crippen LogP contribution in [0.15, 0.2) is 28.8 Å². The van der Waals surface area contributed by atoms with Gasteiger partial charge < -0.3 is 18.9 Å². The number of fused-ring (bicyclic) bond motifs is 1. The fourth-order valence-electron chi connectivity index (χ4n) is 4.86. The minimum Gasteiger partial charge on any atom is -0.375 e. The lowest BCUT2D eigenvalue weighted by molar-refractivity contribution is -0.123. The highest BCUT2D eigenvalue weighted by Crippen LogP contribution is 2.39. The molecule has 0 bridgehead atoms. The fourth-order valence-corrected chi connectivity index (χ4v) is 4.86. The average molecular weight is 425 g/mol. The van der Waals surface area contributed by atoms with Crippen molar-refractivity contribution in [2.45, 2.75) is 44.3 Å². The Kier molecular flexibility index (Phi) is 5.45. The molecule has 3 aromatic rings. The summed E-state index contributed by atoms with van der Waals surface area (Å²) in [5, 5.41) is 12.2. The van der Waals surface area contributed by atoms with Crippen molar-refractivity contribution < 1.29 is 18.8 Å². The molecule has 2 aromatic heterocycles. The molecule has 0 aliphatic carbocycles. The number of para-hydroxylation sites is 1. The molecule has 1 aromatic carbocycles. The van der Waals surface area contributed by atoms with Gasteiger partial charge in [-0.25, -0.2) is 0 Å². The molecule has 2 fully saturated rings. The maximum absolute atomic E-state index is 13.1. The Bertz CT molecular complexity index is 1050. The maximum atomic E-state index is 13.1. The highest BCUT2D eigenvalue weighted by Gasteiger charge is 2.41. The first kappa shape index (κ1) is 20.1. The number of benzene rings is 1. The van der Waals surface area contributed by atoms with Crippen molar-refractivity contribution in [3.8, 4) is 0 Å². The van der Waals surface area contributed by atoms with Crippen LogP contribution in [0.25, 0.3) is 10.9 Å². The molecule has 2 aliphatic heterocycles. The van der Waals surface area contributed by atoms with Gasteiger partial charge in [0.25, 0.3) is 11.8 Å². The smallest absolute Gasteiger partial charge is 0.274 e. The molecule has 0 radical (unpaired) electrons. The van der Waals surface area contributed by atoms with Crippen LogP contribution in [-0.4, -0.2) is 63.6 Å². The van der Waals surface area contributed by atoms with Crippen LogP contribution in [0, 0.1) is 5.92 Å². The summed E-state index contributed by atoms with van der Waals surface area (Å²) in [6.45, 7) is 2.41. The molecule has 9 heteroatoms. The molecular weight excluding hydrogens is 398 g/mol. The van der Waals surface area contributed by atoms with Crippen molar-refractivity contribution in [3.05, 3.63) is 41.7 Å². The van der Waals surface area contributed by atoms with E-state index in [4.69, 9.17) is 14.0 Å². The highest BCUT2D eigenvalue weighted by molar-refractivity contribution is 6.04. The Labute approximate surface area is 180 Å². The molecule has 1 N–H and O–H groups in total. The number of carbonyl (C=O) groups is 1. The lowest BCUT2D eigenvalue weighted by Gasteiger charge is -2.46. The summed E-state index contributed by atoms with van der Waals surface area (Å²) in [6.07, 6.45) is 4.38. The quantitative estimate of drug-likeness (QED) is 0.670. The molecule has 5 rings (SSSR count). The second-order valence-electron chi connectivity index (χ2n) is 8.54. The van der Waals surface area contributed by atoms with E-state index in [1.165, 1.54) is 0 Å². The van der Waals surface area contributed by atoms with Gasteiger partial charge in [-0.15, -0.1) is 0 Å². The third-order valence-electron chi connectivity index (χ3n) is 6.48. The normalized spacial score (nSPS) is 21.1. The van der Waals surface area contributed by atoms with Crippen molar-refractivity contribution in [2.24, 2.45) is 5.92 Å². The van der Waals surface area contributed by atoms with E-state index in [0.717, 1.165) is 55.4 Å². The molecule has 1 amide bonds. The zero-order valence-corrected chi connectivity index (χ0v) is 17.7. The Hall–Kier alpha value is -2.78. The van der Waals surface area contributed by atoms with Crippen LogP contribution in [0.5, 0.6) is 0 Å². The zero-order chi connectivity index (χ0) is 21.3. The van der Waals surface area contributed by atoms with Gasteiger partial charge in [0.2, 0.25) is 0 Å². The number of amides is 1. The SMILES string of the molecule is COCc1nc(CC2CCOC3(CCN(C(=O)c4n[nH]c5ccccc45)CC3)C2)no1. The van der Waals surface area contributed by atoms with E-state index < -0.39 is 0 Å². The topological polar surface area (TPSA) is 106 Å². The van der Waals surface area contributed by atoms with Crippen LogP contribution in [0.3, 0.4) is 0 Å². The number of methoxy groups -OCH3 is 1. The summed E-state index contributed by atoms with van der Waals surface area (Å²) in [7, 11) is 1.61. The highest BCUT2D eigenvalue weighted by atomic mass is 16.5. The molecule has 4 heterocycles. The number of hydrogen-bond acceptors (Lipinski definition) is 7. The Morgan fingerprint density at radius 3 is 3.00 bits per heavy atom. The minimum absolute atomic E-state index is 0.0165. The van der Waals surface area contributed by atoms with Gasteiger partial charge in [0.05, 0.1) is 11.1 Å². The number of nitrogens with one attached hydrogen (secondary N) is 1. The summed E-state index contributed by atoms with van der Waals surface area (Å²) in [4.78, 5) is 19.4. The number of aromatic nitrogens is 4. The molecular formula is C22H27N5O4. The number of ether oxygens (including phenoxy) is 2. The van der Waals surface area contributed by atoms with Gasteiger partial charge in [0.15, 0.2) is 11.5 Å². The molecule has 1 unspecified atom stereocenters. The summed E-state index contributed by atoms with van der Waals surface area (Å²) in [6, 6.07) is 7.73. The number of piperidine rings is 1. The van der Waals surface area contributed by atoms with E-state index in [9.17, 15) is 4.79 Å². The van der Waals surface area contributed by atoms with Crippen molar-refractivity contribution in [1.29, 1.82) is 0 Å². The van der Waals surface area contributed by atoms with Crippen LogP contribution in [0.4, 0.5) is 0 Å². The predicted octanol–water partition coefficient (Wildman–Crippen LogP) is 2.74. The number of carbonyl (C=O) groups excluding carboxylic acids is 1. The van der Waals surface area contributed by atoms with E-state index in [1.807, 2.05) is 29.2 Å². The Morgan fingerprint density at radius 1 is 1.32 bits per heavy atom. The number of nitrogens with zero attached hydrogens (tertiary/aromatic N) is 4. The van der Waals surface area contributed by atoms with Crippen LogP contribution in [0.1, 0.15) is 47.9 Å². The molecule has 0 saturated carbocycles. The van der Waals surface area contributed by atoms with Crippen molar-refractivity contribution in [3.63, 3.8) is 0 Å². The third-order valence-corrected chi connectivity index (χ3v) is 6.48. The molecule has 1 atom stereocenters. The first-order chi connectivity index (χ1) is 15.2. The lowest BCUT2D eigenvalue weighted by atomic mass is 9.78. The number of rotatable bonds is 5. The van der Waals surface area contributed by atoms with Crippen molar-refractivity contribution in [2.75, 3.05) is 26.8 Å². The Morgan fingerprint density at radius 2 is 2.16 bits per heavy atom. The van der Waals surface area contributed by atoms with E-state index in [2.05, 4.69) is 20.3 Å². The van der Waals surface area contributed by atoms with Gasteiger partial charge in [-0.05, 0) is 37.7 Å². The summed E-state index contributed by atoms with van der Waals surface area (Å²) in [5.74, 6) is 1.67. The number of aromatic amines is 1. The summed E-state index contributed by atoms with van der Waals surface area (Å²) in [5.41, 5.74) is 1.21. The first-order valence-corrected chi connectivity index (χ1v) is 10.8. The van der Waals surface area contributed by atoms with Gasteiger partial charge in [-0.1, -0.05) is 23.4 Å². The van der Waals surface area contributed by atoms with E-state index in [0.29, 0.717) is 37.2 Å². The van der Waals surface area contributed by atoms with Gasteiger partial charge in [-0.3, -0.25) is 9.89 Å². The van der Waals surface area contributed by atoms with Gasteiger partial charge >= 0.3 is 0 Å².